The molecule has 2 aromatic rings. The lowest BCUT2D eigenvalue weighted by Gasteiger charge is -2.11. The molecule has 0 spiro atoms. The minimum absolute atomic E-state index is 0.0628. The lowest BCUT2D eigenvalue weighted by atomic mass is 10.0. The van der Waals surface area contributed by atoms with Crippen LogP contribution in [0.2, 0.25) is 0 Å². The third kappa shape index (κ3) is 1.99. The van der Waals surface area contributed by atoms with Crippen molar-refractivity contribution < 1.29 is 9.72 Å². The van der Waals surface area contributed by atoms with Gasteiger partial charge in [0.1, 0.15) is 5.56 Å². The molecule has 20 heavy (non-hydrogen) atoms. The van der Waals surface area contributed by atoms with Crippen molar-refractivity contribution in [1.29, 1.82) is 0 Å². The average molecular weight is 272 g/mol. The number of amides is 1. The van der Waals surface area contributed by atoms with Crippen molar-refractivity contribution in [3.05, 3.63) is 46.1 Å². The number of nitro benzene ring substituents is 1. The first-order valence-corrected chi connectivity index (χ1v) is 6.09. The fourth-order valence-electron chi connectivity index (χ4n) is 2.19. The van der Waals surface area contributed by atoms with E-state index in [0.29, 0.717) is 5.56 Å². The minimum Gasteiger partial charge on any atom is -0.367 e. The number of rotatable bonds is 4. The summed E-state index contributed by atoms with van der Waals surface area (Å²) < 4.78 is 0. The molecule has 1 aromatic heterocycles. The number of nitrogens with one attached hydrogen (secondary N) is 1. The highest BCUT2D eigenvalue weighted by Gasteiger charge is 2.28. The standard InChI is InChI=1S/C13H12N4O3/c14-13(18)9-7-11(16-4-5-16)8(6-12(9)17(19)20)10-2-1-3-15-10/h1-3,6-7,15H,4-5H2,(H2,14,18). The summed E-state index contributed by atoms with van der Waals surface area (Å²) in [4.78, 5) is 27.0. The number of nitrogens with zero attached hydrogens (tertiary/aromatic N) is 2. The van der Waals surface area contributed by atoms with Gasteiger partial charge in [0.25, 0.3) is 11.6 Å². The third-order valence-electron chi connectivity index (χ3n) is 3.25. The highest BCUT2D eigenvalue weighted by Crippen LogP contribution is 2.38. The number of hydrogen-bond donors (Lipinski definition) is 2. The van der Waals surface area contributed by atoms with Crippen molar-refractivity contribution >= 4 is 17.3 Å². The SMILES string of the molecule is NC(=O)c1cc(N2CC2)c(-c2ccc[nH]2)cc1[N+](=O)[O-]. The minimum atomic E-state index is -0.794. The first-order valence-electron chi connectivity index (χ1n) is 6.09. The van der Waals surface area contributed by atoms with Gasteiger partial charge in [-0.1, -0.05) is 0 Å². The van der Waals surface area contributed by atoms with E-state index in [1.165, 1.54) is 12.1 Å². The summed E-state index contributed by atoms with van der Waals surface area (Å²) in [5.74, 6) is -0.794. The van der Waals surface area contributed by atoms with Crippen LogP contribution in [0.3, 0.4) is 0 Å². The molecule has 1 aromatic carbocycles. The Kier molecular flexibility index (Phi) is 2.67. The highest BCUT2D eigenvalue weighted by molar-refractivity contribution is 6.00. The van der Waals surface area contributed by atoms with Crippen molar-refractivity contribution in [3.63, 3.8) is 0 Å². The van der Waals surface area contributed by atoms with Crippen LogP contribution >= 0.6 is 0 Å². The normalized spacial score (nSPS) is 13.3. The van der Waals surface area contributed by atoms with Gasteiger partial charge < -0.3 is 15.6 Å². The fourth-order valence-corrected chi connectivity index (χ4v) is 2.19. The van der Waals surface area contributed by atoms with Gasteiger partial charge in [-0.25, -0.2) is 0 Å². The molecule has 7 heteroatoms. The topological polar surface area (TPSA) is 105 Å². The number of nitrogens with two attached hydrogens (primary N) is 1. The van der Waals surface area contributed by atoms with E-state index in [1.807, 2.05) is 17.0 Å². The van der Waals surface area contributed by atoms with Crippen LogP contribution in [-0.4, -0.2) is 28.9 Å². The molecule has 0 atom stereocenters. The van der Waals surface area contributed by atoms with Crippen LogP contribution in [0.25, 0.3) is 11.3 Å². The number of benzene rings is 1. The van der Waals surface area contributed by atoms with Crippen LogP contribution in [0.15, 0.2) is 30.5 Å². The number of aromatic nitrogens is 1. The van der Waals surface area contributed by atoms with Crippen molar-refractivity contribution in [3.8, 4) is 11.3 Å². The lowest BCUT2D eigenvalue weighted by molar-refractivity contribution is -0.385. The van der Waals surface area contributed by atoms with Gasteiger partial charge in [-0.3, -0.25) is 14.9 Å². The van der Waals surface area contributed by atoms with E-state index in [1.54, 1.807) is 6.20 Å². The van der Waals surface area contributed by atoms with E-state index >= 15 is 0 Å². The Labute approximate surface area is 114 Å². The second kappa shape index (κ2) is 4.37. The monoisotopic (exact) mass is 272 g/mol. The molecule has 0 unspecified atom stereocenters. The molecule has 0 aliphatic carbocycles. The summed E-state index contributed by atoms with van der Waals surface area (Å²) >= 11 is 0. The van der Waals surface area contributed by atoms with E-state index in [0.717, 1.165) is 24.5 Å². The molecule has 1 amide bonds. The van der Waals surface area contributed by atoms with Crippen LogP contribution < -0.4 is 10.6 Å². The Bertz CT molecular complexity index is 690. The van der Waals surface area contributed by atoms with Crippen LogP contribution in [0.4, 0.5) is 11.4 Å². The van der Waals surface area contributed by atoms with Crippen LogP contribution in [-0.2, 0) is 0 Å². The van der Waals surface area contributed by atoms with Gasteiger partial charge in [0, 0.05) is 42.3 Å². The lowest BCUT2D eigenvalue weighted by Crippen LogP contribution is -2.14. The molecular weight excluding hydrogens is 260 g/mol. The number of carbonyl (C=O) groups is 1. The van der Waals surface area contributed by atoms with E-state index in [9.17, 15) is 14.9 Å². The first-order chi connectivity index (χ1) is 9.58. The maximum absolute atomic E-state index is 11.4. The van der Waals surface area contributed by atoms with Gasteiger partial charge in [-0.05, 0) is 18.2 Å². The summed E-state index contributed by atoms with van der Waals surface area (Å²) in [5, 5.41) is 11.1. The molecule has 1 saturated heterocycles. The Morgan fingerprint density at radius 3 is 2.65 bits per heavy atom. The second-order valence-corrected chi connectivity index (χ2v) is 4.58. The van der Waals surface area contributed by atoms with Gasteiger partial charge in [0.15, 0.2) is 0 Å². The van der Waals surface area contributed by atoms with E-state index in [4.69, 9.17) is 5.73 Å². The maximum atomic E-state index is 11.4. The predicted molar refractivity (Wildman–Crippen MR) is 73.6 cm³/mol. The predicted octanol–water partition coefficient (Wildman–Crippen LogP) is 1.51. The molecule has 1 aliphatic heterocycles. The molecule has 2 heterocycles. The van der Waals surface area contributed by atoms with Gasteiger partial charge in [-0.15, -0.1) is 0 Å². The van der Waals surface area contributed by atoms with Crippen LogP contribution in [0.1, 0.15) is 10.4 Å². The zero-order chi connectivity index (χ0) is 14.3. The molecule has 102 valence electrons. The number of carbonyl (C=O) groups excluding carboxylic acids is 1. The summed E-state index contributed by atoms with van der Waals surface area (Å²) in [7, 11) is 0. The molecule has 3 N–H and O–H groups in total. The maximum Gasteiger partial charge on any atom is 0.282 e. The molecule has 0 saturated carbocycles. The van der Waals surface area contributed by atoms with Crippen molar-refractivity contribution in [2.75, 3.05) is 18.0 Å². The number of H-pyrrole nitrogens is 1. The zero-order valence-electron chi connectivity index (χ0n) is 10.5. The summed E-state index contributed by atoms with van der Waals surface area (Å²) in [6, 6.07) is 6.55. The summed E-state index contributed by atoms with van der Waals surface area (Å²) in [5.41, 5.74) is 7.16. The molecule has 7 nitrogen and oxygen atoms in total. The second-order valence-electron chi connectivity index (χ2n) is 4.58. The van der Waals surface area contributed by atoms with Gasteiger partial charge in [0.05, 0.1) is 4.92 Å². The first kappa shape index (κ1) is 12.2. The quantitative estimate of drug-likeness (QED) is 0.500. The molecule has 3 rings (SSSR count). The van der Waals surface area contributed by atoms with Crippen molar-refractivity contribution in [2.45, 2.75) is 0 Å². The summed E-state index contributed by atoms with van der Waals surface area (Å²) in [6.45, 7) is 1.73. The Hall–Kier alpha value is -2.83. The van der Waals surface area contributed by atoms with Gasteiger partial charge in [-0.2, -0.15) is 0 Å². The number of primary amides is 1. The van der Waals surface area contributed by atoms with E-state index in [-0.39, 0.29) is 11.3 Å². The molecule has 1 aliphatic rings. The average Bonchev–Trinajstić information content (AvgIpc) is 3.12. The Morgan fingerprint density at radius 2 is 2.15 bits per heavy atom. The number of nitro groups is 1. The van der Waals surface area contributed by atoms with Gasteiger partial charge >= 0.3 is 0 Å². The number of hydrogen-bond acceptors (Lipinski definition) is 4. The largest absolute Gasteiger partial charge is 0.367 e. The zero-order valence-corrected chi connectivity index (χ0v) is 10.5. The van der Waals surface area contributed by atoms with Crippen LogP contribution in [0.5, 0.6) is 0 Å². The number of aromatic amines is 1. The Morgan fingerprint density at radius 1 is 1.40 bits per heavy atom. The smallest absolute Gasteiger partial charge is 0.282 e. The number of anilines is 1. The van der Waals surface area contributed by atoms with Crippen molar-refractivity contribution in [2.24, 2.45) is 5.73 Å². The molecule has 1 fully saturated rings. The van der Waals surface area contributed by atoms with Gasteiger partial charge in [0.2, 0.25) is 0 Å². The van der Waals surface area contributed by atoms with Crippen LogP contribution in [0, 0.1) is 10.1 Å². The molecule has 0 radical (unpaired) electrons. The molecular formula is C13H12N4O3. The van der Waals surface area contributed by atoms with Crippen molar-refractivity contribution in [1.82, 2.24) is 4.98 Å². The fraction of sp³-hybridized carbons (Fsp3) is 0.154. The highest BCUT2D eigenvalue weighted by atomic mass is 16.6. The Balaban J connectivity index is 2.25. The third-order valence-corrected chi connectivity index (χ3v) is 3.25. The summed E-state index contributed by atoms with van der Waals surface area (Å²) in [6.07, 6.45) is 1.75. The molecule has 0 bridgehead atoms. The van der Waals surface area contributed by atoms with E-state index < -0.39 is 10.8 Å². The van der Waals surface area contributed by atoms with E-state index in [2.05, 4.69) is 4.98 Å².